The number of nitrogens with zero attached hydrogens (tertiary/aromatic N) is 2. The standard InChI is InChI=1S/C23H33FN4O3/c1-7-25-23(26-13-16-8-9-19(24)18(10-16)15-28(2)3)27-14-17-11-20(29-4)22(31-6)21(12-17)30-5/h8-12H,7,13-15H2,1-6H3,(H2,25,26,27). The highest BCUT2D eigenvalue weighted by molar-refractivity contribution is 5.79. The molecule has 0 saturated carbocycles. The molecule has 0 fully saturated rings. The highest BCUT2D eigenvalue weighted by atomic mass is 19.1. The molecule has 8 heteroatoms. The zero-order valence-corrected chi connectivity index (χ0v) is 19.2. The maximum atomic E-state index is 14.0. The van der Waals surface area contributed by atoms with E-state index in [-0.39, 0.29) is 5.82 Å². The molecule has 2 aromatic carbocycles. The van der Waals surface area contributed by atoms with Crippen molar-refractivity contribution in [2.45, 2.75) is 26.6 Å². The first-order chi connectivity index (χ1) is 14.9. The maximum absolute atomic E-state index is 14.0. The first-order valence-electron chi connectivity index (χ1n) is 10.1. The third kappa shape index (κ3) is 7.03. The van der Waals surface area contributed by atoms with Gasteiger partial charge in [0, 0.05) is 25.2 Å². The van der Waals surface area contributed by atoms with Gasteiger partial charge in [0.05, 0.1) is 27.9 Å². The number of guanidine groups is 1. The minimum absolute atomic E-state index is 0.194. The highest BCUT2D eigenvalue weighted by Crippen LogP contribution is 2.38. The summed E-state index contributed by atoms with van der Waals surface area (Å²) in [5, 5.41) is 6.53. The Kier molecular flexibility index (Phi) is 9.40. The number of methoxy groups -OCH3 is 3. The number of benzene rings is 2. The molecule has 0 saturated heterocycles. The van der Waals surface area contributed by atoms with E-state index in [0.717, 1.165) is 17.7 Å². The molecule has 0 bridgehead atoms. The normalized spacial score (nSPS) is 11.4. The lowest BCUT2D eigenvalue weighted by molar-refractivity contribution is 0.324. The van der Waals surface area contributed by atoms with Crippen molar-refractivity contribution in [3.05, 3.63) is 52.8 Å². The summed E-state index contributed by atoms with van der Waals surface area (Å²) in [6.45, 7) is 4.22. The van der Waals surface area contributed by atoms with Gasteiger partial charge in [-0.1, -0.05) is 6.07 Å². The van der Waals surface area contributed by atoms with Crippen LogP contribution in [0.15, 0.2) is 35.3 Å². The summed E-state index contributed by atoms with van der Waals surface area (Å²) in [7, 11) is 8.59. The van der Waals surface area contributed by atoms with E-state index in [0.29, 0.717) is 48.4 Å². The molecule has 0 aliphatic rings. The summed E-state index contributed by atoms with van der Waals surface area (Å²) < 4.78 is 30.2. The molecule has 31 heavy (non-hydrogen) atoms. The van der Waals surface area contributed by atoms with Gasteiger partial charge in [0.25, 0.3) is 0 Å². The Morgan fingerprint density at radius 2 is 1.65 bits per heavy atom. The SMILES string of the molecule is CCNC(=NCc1cc(OC)c(OC)c(OC)c1)NCc1ccc(F)c(CN(C)C)c1. The van der Waals surface area contributed by atoms with Crippen LogP contribution in [-0.4, -0.2) is 52.8 Å². The molecule has 2 aromatic rings. The molecule has 0 unspecified atom stereocenters. The summed E-state index contributed by atoms with van der Waals surface area (Å²) in [4.78, 5) is 6.60. The number of nitrogens with one attached hydrogen (secondary N) is 2. The molecule has 0 spiro atoms. The van der Waals surface area contributed by atoms with E-state index in [2.05, 4.69) is 15.6 Å². The minimum Gasteiger partial charge on any atom is -0.493 e. The van der Waals surface area contributed by atoms with Crippen LogP contribution < -0.4 is 24.8 Å². The van der Waals surface area contributed by atoms with Gasteiger partial charge in [0.2, 0.25) is 5.75 Å². The average molecular weight is 433 g/mol. The maximum Gasteiger partial charge on any atom is 0.203 e. The van der Waals surface area contributed by atoms with E-state index in [1.807, 2.05) is 44.1 Å². The van der Waals surface area contributed by atoms with Crippen LogP contribution in [-0.2, 0) is 19.6 Å². The number of ether oxygens (including phenoxy) is 3. The Morgan fingerprint density at radius 3 is 2.19 bits per heavy atom. The van der Waals surface area contributed by atoms with Gasteiger partial charge >= 0.3 is 0 Å². The second kappa shape index (κ2) is 12.0. The molecule has 0 amide bonds. The molecule has 7 nitrogen and oxygen atoms in total. The molecule has 2 N–H and O–H groups in total. The second-order valence-electron chi connectivity index (χ2n) is 7.25. The third-order valence-electron chi connectivity index (χ3n) is 4.55. The highest BCUT2D eigenvalue weighted by Gasteiger charge is 2.13. The Balaban J connectivity index is 2.14. The number of hydrogen-bond acceptors (Lipinski definition) is 5. The molecule has 170 valence electrons. The van der Waals surface area contributed by atoms with Gasteiger partial charge in [0.1, 0.15) is 5.82 Å². The van der Waals surface area contributed by atoms with Gasteiger partial charge in [-0.25, -0.2) is 9.38 Å². The summed E-state index contributed by atoms with van der Waals surface area (Å²) >= 11 is 0. The van der Waals surface area contributed by atoms with E-state index in [1.165, 1.54) is 6.07 Å². The minimum atomic E-state index is -0.194. The average Bonchev–Trinajstić information content (AvgIpc) is 2.76. The topological polar surface area (TPSA) is 67.4 Å². The predicted molar refractivity (Wildman–Crippen MR) is 122 cm³/mol. The van der Waals surface area contributed by atoms with Gasteiger partial charge in [-0.15, -0.1) is 0 Å². The van der Waals surface area contributed by atoms with Gasteiger partial charge in [-0.2, -0.15) is 0 Å². The van der Waals surface area contributed by atoms with Crippen LogP contribution in [0.5, 0.6) is 17.2 Å². The molecule has 0 aliphatic heterocycles. The number of hydrogen-bond donors (Lipinski definition) is 2. The quantitative estimate of drug-likeness (QED) is 0.444. The largest absolute Gasteiger partial charge is 0.493 e. The van der Waals surface area contributed by atoms with Gasteiger partial charge in [0.15, 0.2) is 17.5 Å². The monoisotopic (exact) mass is 432 g/mol. The van der Waals surface area contributed by atoms with Crippen LogP contribution in [0.25, 0.3) is 0 Å². The molecule has 0 aliphatic carbocycles. The summed E-state index contributed by atoms with van der Waals surface area (Å²) in [6, 6.07) is 8.93. The number of aliphatic imine (C=N–C) groups is 1. The molecule has 0 aromatic heterocycles. The van der Waals surface area contributed by atoms with Gasteiger partial charge in [-0.05, 0) is 56.4 Å². The van der Waals surface area contributed by atoms with Crippen molar-refractivity contribution in [2.75, 3.05) is 42.0 Å². The van der Waals surface area contributed by atoms with Gasteiger partial charge < -0.3 is 29.7 Å². The fourth-order valence-corrected chi connectivity index (χ4v) is 3.12. The Morgan fingerprint density at radius 1 is 0.968 bits per heavy atom. The van der Waals surface area contributed by atoms with Crippen LogP contribution in [0.3, 0.4) is 0 Å². The summed E-state index contributed by atoms with van der Waals surface area (Å²) in [5.74, 6) is 2.19. The molecule has 0 heterocycles. The molecule has 0 atom stereocenters. The van der Waals surface area contributed by atoms with E-state index in [4.69, 9.17) is 14.2 Å². The van der Waals surface area contributed by atoms with Crippen molar-refractivity contribution in [1.29, 1.82) is 0 Å². The zero-order chi connectivity index (χ0) is 22.8. The predicted octanol–water partition coefficient (Wildman–Crippen LogP) is 3.17. The Labute approximate surface area is 184 Å². The summed E-state index contributed by atoms with van der Waals surface area (Å²) in [6.07, 6.45) is 0. The third-order valence-corrected chi connectivity index (χ3v) is 4.55. The van der Waals surface area contributed by atoms with Gasteiger partial charge in [-0.3, -0.25) is 0 Å². The van der Waals surface area contributed by atoms with Crippen molar-refractivity contribution in [2.24, 2.45) is 4.99 Å². The molecular weight excluding hydrogens is 399 g/mol. The lowest BCUT2D eigenvalue weighted by Gasteiger charge is -2.15. The van der Waals surface area contributed by atoms with Crippen LogP contribution in [0.1, 0.15) is 23.6 Å². The molecule has 0 radical (unpaired) electrons. The number of rotatable bonds is 10. The smallest absolute Gasteiger partial charge is 0.203 e. The van der Waals surface area contributed by atoms with Crippen LogP contribution >= 0.6 is 0 Å². The first-order valence-corrected chi connectivity index (χ1v) is 10.1. The van der Waals surface area contributed by atoms with Crippen LogP contribution in [0.2, 0.25) is 0 Å². The molecule has 2 rings (SSSR count). The Bertz CT molecular complexity index is 862. The van der Waals surface area contributed by atoms with Crippen molar-refractivity contribution < 1.29 is 18.6 Å². The van der Waals surface area contributed by atoms with Crippen molar-refractivity contribution >= 4 is 5.96 Å². The lowest BCUT2D eigenvalue weighted by atomic mass is 10.1. The number of halogens is 1. The Hall–Kier alpha value is -3.00. The fourth-order valence-electron chi connectivity index (χ4n) is 3.12. The zero-order valence-electron chi connectivity index (χ0n) is 19.2. The summed E-state index contributed by atoms with van der Waals surface area (Å²) in [5.41, 5.74) is 2.57. The molecular formula is C23H33FN4O3. The van der Waals surface area contributed by atoms with Crippen molar-refractivity contribution in [1.82, 2.24) is 15.5 Å². The van der Waals surface area contributed by atoms with Crippen molar-refractivity contribution in [3.63, 3.8) is 0 Å². The van der Waals surface area contributed by atoms with Crippen LogP contribution in [0, 0.1) is 5.82 Å². The van der Waals surface area contributed by atoms with Crippen molar-refractivity contribution in [3.8, 4) is 17.2 Å². The fraction of sp³-hybridized carbons (Fsp3) is 0.435. The van der Waals surface area contributed by atoms with Crippen LogP contribution in [0.4, 0.5) is 4.39 Å². The second-order valence-corrected chi connectivity index (χ2v) is 7.25. The van der Waals surface area contributed by atoms with E-state index < -0.39 is 0 Å². The first kappa shape index (κ1) is 24.3. The van der Waals surface area contributed by atoms with E-state index in [9.17, 15) is 4.39 Å². The lowest BCUT2D eigenvalue weighted by Crippen LogP contribution is -2.36. The van der Waals surface area contributed by atoms with E-state index in [1.54, 1.807) is 27.4 Å². The van der Waals surface area contributed by atoms with E-state index >= 15 is 0 Å².